The van der Waals surface area contributed by atoms with Gasteiger partial charge in [0, 0.05) is 83.0 Å². The SMILES string of the molecule is CC(C)[C@]1(C)CC(=O)N([C@@H]2CC(CC3(C)Oc4ccccc4[C@@H](NC(=O)c4ccc5c(c4)[C@H](N4C(=O)CC(C)(C)N=C4N)CC(C)(C)O5)[C@@H]3O)Oc3ccc(C(=O)N[C@H]4CC(C)(CCC5(C)C[C@@H](N6C(=O)CC(C)(C)N=C6N)c6cc(C(=O)N[C@@H]7c8ccccc8C[C@H]7O)ccc6O5)Oc5ccccc54)cc32)C(N)=N1. The van der Waals surface area contributed by atoms with Gasteiger partial charge in [0.1, 0.15) is 63.4 Å². The van der Waals surface area contributed by atoms with Gasteiger partial charge in [-0.15, -0.1) is 0 Å². The number of hydrogen-bond donors (Lipinski definition) is 8. The quantitative estimate of drug-likeness (QED) is 0.0474. The van der Waals surface area contributed by atoms with Crippen LogP contribution in [0.4, 0.5) is 0 Å². The summed E-state index contributed by atoms with van der Waals surface area (Å²) in [5.41, 5.74) is 19.8. The minimum atomic E-state index is -1.44. The number of rotatable bonds is 15. The predicted octanol–water partition coefficient (Wildman–Crippen LogP) is 10.6. The number of carbonyl (C=O) groups is 6. The second kappa shape index (κ2) is 27.2. The highest BCUT2D eigenvalue weighted by molar-refractivity contribution is 6.02. The Morgan fingerprint density at radius 2 is 0.955 bits per heavy atom. The van der Waals surface area contributed by atoms with Crippen LogP contribution < -0.4 is 56.8 Å². The largest absolute Gasteiger partial charge is 0.490 e. The number of ether oxygens (including phenoxy) is 5. The average molecular weight is 1500 g/mol. The van der Waals surface area contributed by atoms with Crippen LogP contribution in [-0.4, -0.2) is 136 Å². The molecule has 6 aromatic rings. The third-order valence-corrected chi connectivity index (χ3v) is 24.1. The maximum Gasteiger partial charge on any atom is 0.251 e. The Hall–Kier alpha value is -10.5. The third-order valence-electron chi connectivity index (χ3n) is 24.1. The van der Waals surface area contributed by atoms with Gasteiger partial charge in [-0.2, -0.15) is 0 Å². The zero-order chi connectivity index (χ0) is 78.3. The first kappa shape index (κ1) is 74.9. The van der Waals surface area contributed by atoms with Crippen molar-refractivity contribution in [2.75, 3.05) is 0 Å². The smallest absolute Gasteiger partial charge is 0.251 e. The number of fused-ring (bicyclic) bond motifs is 6. The fourth-order valence-electron chi connectivity index (χ4n) is 18.0. The minimum absolute atomic E-state index is 0.0159. The van der Waals surface area contributed by atoms with Gasteiger partial charge >= 0.3 is 0 Å². The molecule has 0 bridgehead atoms. The first-order chi connectivity index (χ1) is 51.9. The van der Waals surface area contributed by atoms with Gasteiger partial charge in [0.05, 0.1) is 78.2 Å². The van der Waals surface area contributed by atoms with Gasteiger partial charge in [-0.1, -0.05) is 74.5 Å². The number of aliphatic hydroxyl groups is 2. The van der Waals surface area contributed by atoms with Crippen LogP contribution in [-0.2, 0) is 20.8 Å². The third kappa shape index (κ3) is 14.0. The van der Waals surface area contributed by atoms with Crippen molar-refractivity contribution in [3.63, 3.8) is 0 Å². The molecule has 0 spiro atoms. The Balaban J connectivity index is 0.682. The molecule has 110 heavy (non-hydrogen) atoms. The Morgan fingerprint density at radius 3 is 1.53 bits per heavy atom. The number of guanidine groups is 3. The molecule has 1 aliphatic carbocycles. The van der Waals surface area contributed by atoms with Gasteiger partial charge in [0.2, 0.25) is 17.7 Å². The molecule has 0 saturated heterocycles. The lowest BCUT2D eigenvalue weighted by molar-refractivity contribution is -0.134. The Kier molecular flexibility index (Phi) is 18.5. The molecule has 0 aromatic heterocycles. The van der Waals surface area contributed by atoms with Crippen molar-refractivity contribution in [1.29, 1.82) is 0 Å². The summed E-state index contributed by atoms with van der Waals surface area (Å²) in [5.74, 6) is 0.500. The molecule has 6 aromatic carbocycles. The molecule has 8 aliphatic heterocycles. The zero-order valence-electron chi connectivity index (χ0n) is 64.5. The fraction of sp³-hybridized carbons (Fsp3) is 0.471. The van der Waals surface area contributed by atoms with Crippen LogP contribution in [0.3, 0.4) is 0 Å². The summed E-state index contributed by atoms with van der Waals surface area (Å²) in [6.07, 6.45) is -0.255. The number of aliphatic imine (C=N–C) groups is 3. The first-order valence-corrected chi connectivity index (χ1v) is 38.3. The lowest BCUT2D eigenvalue weighted by Gasteiger charge is -2.48. The van der Waals surface area contributed by atoms with Crippen molar-refractivity contribution in [2.45, 2.75) is 247 Å². The summed E-state index contributed by atoms with van der Waals surface area (Å²) in [5, 5.41) is 33.5. The monoisotopic (exact) mass is 1500 g/mol. The molecule has 578 valence electrons. The number of nitrogens with two attached hydrogens (primary N) is 3. The number of amides is 6. The topological polar surface area (TPSA) is 350 Å². The maximum absolute atomic E-state index is 15.2. The van der Waals surface area contributed by atoms with Crippen molar-refractivity contribution in [1.82, 2.24) is 30.7 Å². The zero-order valence-corrected chi connectivity index (χ0v) is 64.5. The molecule has 4 unspecified atom stereocenters. The highest BCUT2D eigenvalue weighted by Crippen LogP contribution is 2.52. The van der Waals surface area contributed by atoms with E-state index in [1.807, 2.05) is 131 Å². The van der Waals surface area contributed by atoms with Gasteiger partial charge < -0.3 is 67.0 Å². The van der Waals surface area contributed by atoms with E-state index in [2.05, 4.69) is 20.9 Å². The van der Waals surface area contributed by atoms with Crippen molar-refractivity contribution in [2.24, 2.45) is 38.1 Å². The summed E-state index contributed by atoms with van der Waals surface area (Å²) >= 11 is 0. The lowest BCUT2D eigenvalue weighted by Crippen LogP contribution is -2.58. The van der Waals surface area contributed by atoms with Crippen molar-refractivity contribution in [3.8, 4) is 28.7 Å². The second-order valence-corrected chi connectivity index (χ2v) is 34.8. The van der Waals surface area contributed by atoms with E-state index in [0.717, 1.165) is 16.7 Å². The van der Waals surface area contributed by atoms with E-state index in [0.29, 0.717) is 88.7 Å². The Morgan fingerprint density at radius 1 is 0.500 bits per heavy atom. The summed E-state index contributed by atoms with van der Waals surface area (Å²) in [6, 6.07) is 33.5. The summed E-state index contributed by atoms with van der Waals surface area (Å²) in [7, 11) is 0. The van der Waals surface area contributed by atoms with E-state index in [1.165, 1.54) is 14.7 Å². The Bertz CT molecular complexity index is 4880. The van der Waals surface area contributed by atoms with Crippen LogP contribution >= 0.6 is 0 Å². The van der Waals surface area contributed by atoms with Crippen LogP contribution in [0.15, 0.2) is 142 Å². The molecule has 0 radical (unpaired) electrons. The maximum atomic E-state index is 15.2. The average Bonchev–Trinajstić information content (AvgIpc) is 0.839. The van der Waals surface area contributed by atoms with Gasteiger partial charge in [0.25, 0.3) is 17.7 Å². The van der Waals surface area contributed by atoms with E-state index in [4.69, 9.17) is 50.9 Å². The molecule has 25 heteroatoms. The minimum Gasteiger partial charge on any atom is -0.490 e. The van der Waals surface area contributed by atoms with Crippen molar-refractivity contribution >= 4 is 53.3 Å². The normalized spacial score (nSPS) is 30.1. The highest BCUT2D eigenvalue weighted by Gasteiger charge is 2.54. The molecule has 0 fully saturated rings. The first-order valence-electron chi connectivity index (χ1n) is 38.3. The summed E-state index contributed by atoms with van der Waals surface area (Å²) < 4.78 is 34.2. The lowest BCUT2D eigenvalue weighted by atomic mass is 9.78. The number of nitrogens with zero attached hydrogens (tertiary/aromatic N) is 6. The number of aliphatic hydroxyl groups excluding tert-OH is 2. The van der Waals surface area contributed by atoms with E-state index in [1.54, 1.807) is 79.7 Å². The molecule has 0 saturated carbocycles. The van der Waals surface area contributed by atoms with E-state index in [9.17, 15) is 34.2 Å². The number of nitrogens with one attached hydrogen (secondary N) is 3. The molecule has 9 aliphatic rings. The summed E-state index contributed by atoms with van der Waals surface area (Å²) in [6.45, 7) is 23.0. The highest BCUT2D eigenvalue weighted by atomic mass is 16.5. The summed E-state index contributed by atoms with van der Waals surface area (Å²) in [4.78, 5) is 106. The Labute approximate surface area is 640 Å². The molecular weight excluding hydrogens is 1400 g/mol. The molecule has 11 N–H and O–H groups in total. The van der Waals surface area contributed by atoms with Crippen LogP contribution in [0.25, 0.3) is 0 Å². The molecule has 6 amide bonds. The van der Waals surface area contributed by atoms with Gasteiger partial charge in [0.15, 0.2) is 17.9 Å². The van der Waals surface area contributed by atoms with Gasteiger partial charge in [-0.25, -0.2) is 15.0 Å². The van der Waals surface area contributed by atoms with Crippen LogP contribution in [0.2, 0.25) is 0 Å². The molecular formula is C85H100N12O13. The molecule has 8 heterocycles. The van der Waals surface area contributed by atoms with Crippen LogP contribution in [0.5, 0.6) is 28.7 Å². The second-order valence-electron chi connectivity index (χ2n) is 34.8. The fourth-order valence-corrected chi connectivity index (χ4v) is 18.0. The van der Waals surface area contributed by atoms with Crippen LogP contribution in [0.1, 0.15) is 254 Å². The molecule has 13 atom stereocenters. The van der Waals surface area contributed by atoms with Gasteiger partial charge in [-0.3, -0.25) is 43.5 Å². The van der Waals surface area contributed by atoms with E-state index < -0.39 is 111 Å². The van der Waals surface area contributed by atoms with Crippen molar-refractivity contribution in [3.05, 3.63) is 183 Å². The predicted molar refractivity (Wildman–Crippen MR) is 412 cm³/mol. The number of benzene rings is 6. The number of para-hydroxylation sites is 2. The molecule has 25 nitrogen and oxygen atoms in total. The van der Waals surface area contributed by atoms with Crippen LogP contribution in [0, 0.1) is 5.92 Å². The van der Waals surface area contributed by atoms with E-state index >= 15 is 4.79 Å². The van der Waals surface area contributed by atoms with E-state index in [-0.39, 0.29) is 91.2 Å². The van der Waals surface area contributed by atoms with Gasteiger partial charge in [-0.05, 0) is 166 Å². The standard InChI is InChI=1S/C85H100N12O13/c1-45(2)84(11)44-69(101)95(78(88)94-84)58-37-50(38-85(12)72(102)71(53-22-16-18-24-64(53)110-85)91-75(105)49-26-29-65-55(34-49)59(40-81(7,8)107-65)96-67(99)42-79(3,4)92-76(96)86)106-62-28-25-47(33-54(58)62)73(103)89-57-39-82(9,108-63-23-17-15-21-52(57)63)31-32-83(10)41-60(97-68(100)43-80(5,6)93-77(97)87)56-35-48(27-30-66(56)109-83)74(104)90-70-51-20-14-13-19-46(51)36-61(70)98/h13-30,33-35,45,50,57-61,70-72,98,102H,31-32,36-44H2,1-12H3,(H2,86,92)(H2,87,93)(H2,88,94)(H,89,103)(H,90,104)(H,91,105)/t50?,57-,58+,59+,60+,61+,70+,71+,72-,82?,83?,84-,85?/m0/s1. The number of carbonyl (C=O) groups excluding carboxylic acids is 6. The number of hydrogen-bond acceptors (Lipinski definition) is 19. The molecule has 15 rings (SSSR count). The van der Waals surface area contributed by atoms with Crippen molar-refractivity contribution < 1.29 is 62.7 Å².